The lowest BCUT2D eigenvalue weighted by Crippen LogP contribution is -2.21. The van der Waals surface area contributed by atoms with E-state index in [0.717, 1.165) is 5.56 Å². The zero-order chi connectivity index (χ0) is 15.2. The van der Waals surface area contributed by atoms with Crippen LogP contribution in [0.3, 0.4) is 0 Å². The molecule has 0 aromatic heterocycles. The highest BCUT2D eigenvalue weighted by molar-refractivity contribution is 7.92. The van der Waals surface area contributed by atoms with Crippen LogP contribution in [0.15, 0.2) is 24.3 Å². The van der Waals surface area contributed by atoms with Gasteiger partial charge in [0, 0.05) is 11.7 Å². The van der Waals surface area contributed by atoms with Gasteiger partial charge in [-0.2, -0.15) is 0 Å². The van der Waals surface area contributed by atoms with Crippen molar-refractivity contribution in [1.82, 2.24) is 5.32 Å². The molecule has 0 heterocycles. The highest BCUT2D eigenvalue weighted by atomic mass is 32.2. The molecule has 0 aliphatic heterocycles. The highest BCUT2D eigenvalue weighted by Crippen LogP contribution is 2.18. The minimum Gasteiger partial charge on any atom is -0.378 e. The third-order valence-electron chi connectivity index (χ3n) is 2.90. The number of hydrogen-bond acceptors (Lipinski definition) is 4. The molecule has 0 spiro atoms. The van der Waals surface area contributed by atoms with Gasteiger partial charge in [0.1, 0.15) is 0 Å². The Bertz CT molecular complexity index is 515. The predicted molar refractivity (Wildman–Crippen MR) is 82.4 cm³/mol. The first kappa shape index (κ1) is 16.9. The highest BCUT2D eigenvalue weighted by Gasteiger charge is 2.12. The van der Waals surface area contributed by atoms with Gasteiger partial charge >= 0.3 is 0 Å². The number of ether oxygens (including phenoxy) is 1. The number of hydrogen-bond donors (Lipinski definition) is 2. The molecule has 0 radical (unpaired) electrons. The summed E-state index contributed by atoms with van der Waals surface area (Å²) in [7, 11) is -1.51. The van der Waals surface area contributed by atoms with Crippen LogP contribution in [0, 0.1) is 0 Å². The average molecular weight is 300 g/mol. The molecule has 1 aromatic carbocycles. The zero-order valence-corrected chi connectivity index (χ0v) is 13.3. The van der Waals surface area contributed by atoms with E-state index < -0.39 is 10.0 Å². The smallest absolute Gasteiger partial charge is 0.235 e. The Balaban J connectivity index is 2.67. The lowest BCUT2D eigenvalue weighted by atomic mass is 10.1. The standard InChI is InChI=1S/C14H24N2O3S/c1-11(2)19-8-9-20(17,18)16-14-7-5-6-13(10-14)12(3)15-4/h5-7,10-12,15-16H,8-9H2,1-4H3. The third kappa shape index (κ3) is 5.90. The Morgan fingerprint density at radius 1 is 1.25 bits per heavy atom. The van der Waals surface area contributed by atoms with Gasteiger partial charge in [0.05, 0.1) is 18.5 Å². The summed E-state index contributed by atoms with van der Waals surface area (Å²) in [5, 5.41) is 3.12. The van der Waals surface area contributed by atoms with Gasteiger partial charge in [-0.15, -0.1) is 0 Å². The first-order valence-electron chi connectivity index (χ1n) is 6.73. The van der Waals surface area contributed by atoms with Crippen LogP contribution in [-0.4, -0.2) is 33.9 Å². The molecule has 0 fully saturated rings. The van der Waals surface area contributed by atoms with Crippen molar-refractivity contribution in [3.8, 4) is 0 Å². The second-order valence-electron chi connectivity index (χ2n) is 4.98. The molecule has 1 atom stereocenters. The normalized spacial score (nSPS) is 13.4. The minimum absolute atomic E-state index is 0.0324. The fraction of sp³-hybridized carbons (Fsp3) is 0.571. The second kappa shape index (κ2) is 7.61. The maximum Gasteiger partial charge on any atom is 0.235 e. The number of rotatable bonds is 8. The number of anilines is 1. The molecular formula is C14H24N2O3S. The van der Waals surface area contributed by atoms with Crippen molar-refractivity contribution >= 4 is 15.7 Å². The Morgan fingerprint density at radius 3 is 2.55 bits per heavy atom. The molecule has 1 unspecified atom stereocenters. The van der Waals surface area contributed by atoms with E-state index in [1.807, 2.05) is 46.0 Å². The summed E-state index contributed by atoms with van der Waals surface area (Å²) in [6.45, 7) is 5.97. The van der Waals surface area contributed by atoms with Crippen LogP contribution in [0.4, 0.5) is 5.69 Å². The first-order valence-corrected chi connectivity index (χ1v) is 8.38. The molecule has 2 N–H and O–H groups in total. The Labute approximate surface area is 121 Å². The summed E-state index contributed by atoms with van der Waals surface area (Å²) in [4.78, 5) is 0. The van der Waals surface area contributed by atoms with E-state index in [-0.39, 0.29) is 24.5 Å². The van der Waals surface area contributed by atoms with Crippen LogP contribution in [0.25, 0.3) is 0 Å². The van der Waals surface area contributed by atoms with Gasteiger partial charge < -0.3 is 10.1 Å². The van der Waals surface area contributed by atoms with Crippen LogP contribution in [-0.2, 0) is 14.8 Å². The van der Waals surface area contributed by atoms with Gasteiger partial charge in [-0.05, 0) is 45.5 Å². The Kier molecular flexibility index (Phi) is 6.45. The molecule has 20 heavy (non-hydrogen) atoms. The van der Waals surface area contributed by atoms with Gasteiger partial charge in [0.25, 0.3) is 0 Å². The number of benzene rings is 1. The molecule has 0 amide bonds. The topological polar surface area (TPSA) is 67.4 Å². The third-order valence-corrected chi connectivity index (χ3v) is 4.15. The minimum atomic E-state index is -3.37. The molecule has 0 bridgehead atoms. The van der Waals surface area contributed by atoms with Gasteiger partial charge in [0.15, 0.2) is 0 Å². The lowest BCUT2D eigenvalue weighted by Gasteiger charge is -2.14. The van der Waals surface area contributed by atoms with Crippen molar-refractivity contribution in [2.45, 2.75) is 32.9 Å². The first-order chi connectivity index (χ1) is 9.34. The van der Waals surface area contributed by atoms with Crippen molar-refractivity contribution in [1.29, 1.82) is 0 Å². The van der Waals surface area contributed by atoms with E-state index in [1.165, 1.54) is 0 Å². The van der Waals surface area contributed by atoms with Gasteiger partial charge in [-0.1, -0.05) is 12.1 Å². The van der Waals surface area contributed by atoms with E-state index in [0.29, 0.717) is 5.69 Å². The van der Waals surface area contributed by atoms with Crippen molar-refractivity contribution in [2.24, 2.45) is 0 Å². The molecule has 0 saturated carbocycles. The van der Waals surface area contributed by atoms with Crippen molar-refractivity contribution in [2.75, 3.05) is 24.1 Å². The van der Waals surface area contributed by atoms with Crippen molar-refractivity contribution in [3.05, 3.63) is 29.8 Å². The van der Waals surface area contributed by atoms with Crippen molar-refractivity contribution in [3.63, 3.8) is 0 Å². The second-order valence-corrected chi connectivity index (χ2v) is 6.82. The number of sulfonamides is 1. The molecule has 0 aliphatic rings. The van der Waals surface area contributed by atoms with Crippen LogP contribution in [0.1, 0.15) is 32.4 Å². The van der Waals surface area contributed by atoms with Gasteiger partial charge in [-0.25, -0.2) is 8.42 Å². The molecule has 1 rings (SSSR count). The summed E-state index contributed by atoms with van der Waals surface area (Å²) in [5.74, 6) is -0.0447. The van der Waals surface area contributed by atoms with Crippen LogP contribution < -0.4 is 10.0 Å². The summed E-state index contributed by atoms with van der Waals surface area (Å²) in [6.07, 6.45) is 0.0324. The number of nitrogens with one attached hydrogen (secondary N) is 2. The van der Waals surface area contributed by atoms with E-state index in [9.17, 15) is 8.42 Å². The largest absolute Gasteiger partial charge is 0.378 e. The van der Waals surface area contributed by atoms with E-state index in [2.05, 4.69) is 10.0 Å². The molecule has 6 heteroatoms. The maximum atomic E-state index is 11.9. The van der Waals surface area contributed by atoms with E-state index >= 15 is 0 Å². The monoisotopic (exact) mass is 300 g/mol. The summed E-state index contributed by atoms with van der Waals surface area (Å²) < 4.78 is 31.7. The van der Waals surface area contributed by atoms with E-state index in [1.54, 1.807) is 6.07 Å². The average Bonchev–Trinajstić information content (AvgIpc) is 2.36. The quantitative estimate of drug-likeness (QED) is 0.772. The van der Waals surface area contributed by atoms with Crippen LogP contribution in [0.5, 0.6) is 0 Å². The Morgan fingerprint density at radius 2 is 1.95 bits per heavy atom. The lowest BCUT2D eigenvalue weighted by molar-refractivity contribution is 0.0913. The van der Waals surface area contributed by atoms with Crippen molar-refractivity contribution < 1.29 is 13.2 Å². The molecule has 0 saturated heterocycles. The summed E-state index contributed by atoms with van der Waals surface area (Å²) >= 11 is 0. The fourth-order valence-electron chi connectivity index (χ4n) is 1.66. The maximum absolute atomic E-state index is 11.9. The SMILES string of the molecule is CNC(C)c1cccc(NS(=O)(=O)CCOC(C)C)c1. The van der Waals surface area contributed by atoms with Gasteiger partial charge in [0.2, 0.25) is 10.0 Å². The van der Waals surface area contributed by atoms with Crippen LogP contribution >= 0.6 is 0 Å². The summed E-state index contributed by atoms with van der Waals surface area (Å²) in [5.41, 5.74) is 1.61. The predicted octanol–water partition coefficient (Wildman–Crippen LogP) is 2.13. The molecule has 0 aliphatic carbocycles. The molecule has 1 aromatic rings. The molecule has 5 nitrogen and oxygen atoms in total. The zero-order valence-electron chi connectivity index (χ0n) is 12.5. The van der Waals surface area contributed by atoms with Crippen LogP contribution in [0.2, 0.25) is 0 Å². The fourth-order valence-corrected chi connectivity index (χ4v) is 2.57. The summed E-state index contributed by atoms with van der Waals surface area (Å²) in [6, 6.07) is 7.55. The van der Waals surface area contributed by atoms with Gasteiger partial charge in [-0.3, -0.25) is 4.72 Å². The molecule has 114 valence electrons. The Hall–Kier alpha value is -1.11. The van der Waals surface area contributed by atoms with E-state index in [4.69, 9.17) is 4.74 Å². The molecular weight excluding hydrogens is 276 g/mol.